The van der Waals surface area contributed by atoms with Crippen LogP contribution < -0.4 is 15.5 Å². The Hall–Kier alpha value is -1.63. The lowest BCUT2D eigenvalue weighted by atomic mass is 9.79. The van der Waals surface area contributed by atoms with Crippen LogP contribution >= 0.6 is 35.4 Å². The Kier molecular flexibility index (Phi) is 7.43. The average Bonchev–Trinajstić information content (AvgIpc) is 3.21. The van der Waals surface area contributed by atoms with E-state index in [4.69, 9.17) is 40.4 Å². The summed E-state index contributed by atoms with van der Waals surface area (Å²) in [5, 5.41) is 8.25. The molecule has 0 amide bonds. The molecule has 1 aliphatic carbocycles. The summed E-state index contributed by atoms with van der Waals surface area (Å²) in [6, 6.07) is 10.0. The first-order chi connectivity index (χ1) is 15.3. The van der Waals surface area contributed by atoms with Gasteiger partial charge in [0.15, 0.2) is 5.11 Å². The molecule has 5 nitrogen and oxygen atoms in total. The second-order valence-electron chi connectivity index (χ2n) is 9.53. The number of anilines is 2. The Morgan fingerprint density at radius 2 is 1.84 bits per heavy atom. The number of hydrogen-bond donors (Lipinski definition) is 2. The van der Waals surface area contributed by atoms with Gasteiger partial charge in [0.1, 0.15) is 11.0 Å². The summed E-state index contributed by atoms with van der Waals surface area (Å²) < 4.78 is 0. The molecule has 1 saturated carbocycles. The smallest absolute Gasteiger partial charge is 0.232 e. The Morgan fingerprint density at radius 1 is 1.12 bits per heavy atom. The van der Waals surface area contributed by atoms with Crippen molar-refractivity contribution in [2.24, 2.45) is 11.8 Å². The fourth-order valence-corrected chi connectivity index (χ4v) is 5.84. The number of halogens is 2. The lowest BCUT2D eigenvalue weighted by Gasteiger charge is -2.35. The SMILES string of the molecule is C[C@@H]1C[C@@H](C)CN(c2cc(Cl)nc(NC(=S)NCC3(c4cccc(Cl)c4)CCCC3)n2)C1. The van der Waals surface area contributed by atoms with Crippen molar-refractivity contribution in [1.82, 2.24) is 15.3 Å². The maximum absolute atomic E-state index is 6.33. The van der Waals surface area contributed by atoms with Gasteiger partial charge in [0.25, 0.3) is 0 Å². The van der Waals surface area contributed by atoms with Gasteiger partial charge in [-0.25, -0.2) is 4.98 Å². The second-order valence-corrected chi connectivity index (χ2v) is 10.8. The van der Waals surface area contributed by atoms with Crippen molar-refractivity contribution in [1.29, 1.82) is 0 Å². The zero-order valence-electron chi connectivity index (χ0n) is 18.7. The third-order valence-electron chi connectivity index (χ3n) is 6.68. The predicted molar refractivity (Wildman–Crippen MR) is 138 cm³/mol. The fraction of sp³-hybridized carbons (Fsp3) is 0.542. The van der Waals surface area contributed by atoms with Crippen molar-refractivity contribution in [3.63, 3.8) is 0 Å². The van der Waals surface area contributed by atoms with E-state index in [-0.39, 0.29) is 5.41 Å². The predicted octanol–water partition coefficient (Wildman–Crippen LogP) is 6.06. The molecule has 0 unspecified atom stereocenters. The Morgan fingerprint density at radius 3 is 2.53 bits per heavy atom. The van der Waals surface area contributed by atoms with Crippen LogP contribution in [-0.4, -0.2) is 34.7 Å². The largest absolute Gasteiger partial charge is 0.361 e. The topological polar surface area (TPSA) is 53.1 Å². The number of aromatic nitrogens is 2. The summed E-state index contributed by atoms with van der Waals surface area (Å²) in [7, 11) is 0. The van der Waals surface area contributed by atoms with Crippen LogP contribution in [0.25, 0.3) is 0 Å². The summed E-state index contributed by atoms with van der Waals surface area (Å²) in [4.78, 5) is 11.3. The van der Waals surface area contributed by atoms with Gasteiger partial charge in [-0.3, -0.25) is 0 Å². The third kappa shape index (κ3) is 5.64. The molecule has 0 spiro atoms. The van der Waals surface area contributed by atoms with E-state index < -0.39 is 0 Å². The van der Waals surface area contributed by atoms with Gasteiger partial charge < -0.3 is 15.5 Å². The number of hydrogen-bond acceptors (Lipinski definition) is 4. The molecule has 2 fully saturated rings. The van der Waals surface area contributed by atoms with Crippen LogP contribution in [0.4, 0.5) is 11.8 Å². The van der Waals surface area contributed by atoms with Crippen molar-refractivity contribution < 1.29 is 0 Å². The Balaban J connectivity index is 1.43. The molecular weight excluding hydrogens is 461 g/mol. The highest BCUT2D eigenvalue weighted by molar-refractivity contribution is 7.80. The van der Waals surface area contributed by atoms with Gasteiger partial charge in [-0.15, -0.1) is 0 Å². The van der Waals surface area contributed by atoms with Gasteiger partial charge >= 0.3 is 0 Å². The molecule has 8 heteroatoms. The van der Waals surface area contributed by atoms with Crippen LogP contribution in [0.3, 0.4) is 0 Å². The van der Waals surface area contributed by atoms with Crippen molar-refractivity contribution in [2.75, 3.05) is 29.9 Å². The average molecular weight is 493 g/mol. The molecule has 32 heavy (non-hydrogen) atoms. The van der Waals surface area contributed by atoms with Gasteiger partial charge in [-0.1, -0.05) is 62.0 Å². The lowest BCUT2D eigenvalue weighted by molar-refractivity contribution is 0.355. The minimum absolute atomic E-state index is 0.0388. The van der Waals surface area contributed by atoms with E-state index in [0.29, 0.717) is 28.0 Å². The molecule has 0 radical (unpaired) electrons. The normalized spacial score (nSPS) is 22.6. The van der Waals surface area contributed by atoms with E-state index in [9.17, 15) is 0 Å². The molecule has 1 saturated heterocycles. The first kappa shape index (κ1) is 23.5. The second kappa shape index (κ2) is 10.1. The molecule has 2 atom stereocenters. The summed E-state index contributed by atoms with van der Waals surface area (Å²) in [6.45, 7) is 7.25. The first-order valence-electron chi connectivity index (χ1n) is 11.4. The van der Waals surface area contributed by atoms with Crippen molar-refractivity contribution >= 4 is 52.3 Å². The molecule has 2 aliphatic rings. The van der Waals surface area contributed by atoms with Crippen LogP contribution in [0.2, 0.25) is 10.2 Å². The molecule has 2 heterocycles. The van der Waals surface area contributed by atoms with Crippen LogP contribution in [-0.2, 0) is 5.41 Å². The molecule has 2 aromatic rings. The minimum Gasteiger partial charge on any atom is -0.361 e. The molecule has 2 N–H and O–H groups in total. The zero-order chi connectivity index (χ0) is 22.7. The van der Waals surface area contributed by atoms with E-state index in [1.54, 1.807) is 0 Å². The maximum atomic E-state index is 6.33. The number of benzene rings is 1. The standard InChI is InChI=1S/C24H31Cl2N5S/c1-16-10-17(2)14-31(13-16)21-12-20(26)28-22(29-21)30-23(32)27-15-24(8-3-4-9-24)18-6-5-7-19(25)11-18/h5-7,11-12,16-17H,3-4,8-10,13-15H2,1-2H3,(H2,27,28,29,30,32)/t16-,17-/m1/s1. The highest BCUT2D eigenvalue weighted by atomic mass is 35.5. The van der Waals surface area contributed by atoms with E-state index in [1.807, 2.05) is 18.2 Å². The quantitative estimate of drug-likeness (QED) is 0.391. The monoisotopic (exact) mass is 491 g/mol. The third-order valence-corrected chi connectivity index (χ3v) is 7.36. The van der Waals surface area contributed by atoms with Crippen molar-refractivity contribution in [3.05, 3.63) is 46.1 Å². The van der Waals surface area contributed by atoms with Crippen LogP contribution in [0.15, 0.2) is 30.3 Å². The van der Waals surface area contributed by atoms with Gasteiger partial charge in [-0.2, -0.15) is 4.98 Å². The summed E-state index contributed by atoms with van der Waals surface area (Å²) in [5.74, 6) is 2.53. The van der Waals surface area contributed by atoms with Gasteiger partial charge in [0.05, 0.1) is 0 Å². The minimum atomic E-state index is 0.0388. The van der Waals surface area contributed by atoms with Crippen LogP contribution in [0, 0.1) is 11.8 Å². The molecule has 1 aromatic heterocycles. The van der Waals surface area contributed by atoms with E-state index in [2.05, 4.69) is 46.5 Å². The number of thiocarbonyl (C=S) groups is 1. The van der Waals surface area contributed by atoms with Crippen molar-refractivity contribution in [3.8, 4) is 0 Å². The molecule has 172 valence electrons. The number of rotatable bonds is 5. The van der Waals surface area contributed by atoms with E-state index >= 15 is 0 Å². The maximum Gasteiger partial charge on any atom is 0.232 e. The molecule has 0 bridgehead atoms. The number of nitrogens with one attached hydrogen (secondary N) is 2. The lowest BCUT2D eigenvalue weighted by Crippen LogP contribution is -2.41. The van der Waals surface area contributed by atoms with Crippen LogP contribution in [0.5, 0.6) is 0 Å². The van der Waals surface area contributed by atoms with Gasteiger partial charge in [-0.05, 0) is 61.0 Å². The Bertz CT molecular complexity index is 953. The van der Waals surface area contributed by atoms with Gasteiger partial charge in [0, 0.05) is 36.1 Å². The first-order valence-corrected chi connectivity index (χ1v) is 12.6. The fourth-order valence-electron chi connectivity index (χ4n) is 5.31. The van der Waals surface area contributed by atoms with E-state index in [0.717, 1.165) is 43.3 Å². The summed E-state index contributed by atoms with van der Waals surface area (Å²) >= 11 is 18.2. The summed E-state index contributed by atoms with van der Waals surface area (Å²) in [6.07, 6.45) is 5.89. The molecule has 4 rings (SSSR count). The number of nitrogens with zero attached hydrogens (tertiary/aromatic N) is 3. The van der Waals surface area contributed by atoms with Crippen LogP contribution in [0.1, 0.15) is 51.5 Å². The van der Waals surface area contributed by atoms with E-state index in [1.165, 1.54) is 24.8 Å². The zero-order valence-corrected chi connectivity index (χ0v) is 21.0. The highest BCUT2D eigenvalue weighted by Crippen LogP contribution is 2.41. The van der Waals surface area contributed by atoms with Crippen molar-refractivity contribution in [2.45, 2.75) is 51.4 Å². The van der Waals surface area contributed by atoms with Gasteiger partial charge in [0.2, 0.25) is 5.95 Å². The number of piperidine rings is 1. The molecule has 1 aromatic carbocycles. The summed E-state index contributed by atoms with van der Waals surface area (Å²) in [5.41, 5.74) is 1.31. The highest BCUT2D eigenvalue weighted by Gasteiger charge is 2.35. The molecular formula is C24H31Cl2N5S. The molecule has 1 aliphatic heterocycles. The Labute approximate surface area is 206 Å².